The lowest BCUT2D eigenvalue weighted by Crippen LogP contribution is -1.93. The van der Waals surface area contributed by atoms with Gasteiger partial charge in [0.1, 0.15) is 5.65 Å². The zero-order chi connectivity index (χ0) is 18.7. The third-order valence-corrected chi connectivity index (χ3v) is 5.87. The minimum atomic E-state index is 0.995. The summed E-state index contributed by atoms with van der Waals surface area (Å²) in [5.74, 6) is 0. The molecule has 5 aromatic rings. The number of fused-ring (bicyclic) bond motifs is 6. The monoisotopic (exact) mass is 414 g/mol. The Morgan fingerprint density at radius 3 is 2.37 bits per heavy atom. The SMILES string of the molecule is Cc1cc(C)c(-c2ccc3c(c2)c2ccc(Br)cc2c2nccn32)c(C)c1. The summed E-state index contributed by atoms with van der Waals surface area (Å²) in [6.45, 7) is 6.56. The molecule has 0 spiro atoms. The zero-order valence-electron chi connectivity index (χ0n) is 15.5. The van der Waals surface area contributed by atoms with Gasteiger partial charge >= 0.3 is 0 Å². The van der Waals surface area contributed by atoms with Gasteiger partial charge in [-0.3, -0.25) is 4.40 Å². The van der Waals surface area contributed by atoms with Crippen LogP contribution in [-0.2, 0) is 0 Å². The predicted octanol–water partition coefficient (Wildman–Crippen LogP) is 7.00. The van der Waals surface area contributed by atoms with E-state index in [4.69, 9.17) is 0 Å². The van der Waals surface area contributed by atoms with Crippen LogP contribution in [0, 0.1) is 20.8 Å². The first-order valence-corrected chi connectivity index (χ1v) is 9.88. The fourth-order valence-electron chi connectivity index (χ4n) is 4.39. The Kier molecular flexibility index (Phi) is 3.63. The van der Waals surface area contributed by atoms with E-state index in [-0.39, 0.29) is 0 Å². The molecule has 0 fully saturated rings. The van der Waals surface area contributed by atoms with Gasteiger partial charge in [0.2, 0.25) is 0 Å². The Balaban J connectivity index is 1.92. The zero-order valence-corrected chi connectivity index (χ0v) is 17.1. The number of imidazole rings is 1. The quantitative estimate of drug-likeness (QED) is 0.270. The molecule has 0 atom stereocenters. The molecule has 0 aliphatic carbocycles. The molecule has 0 radical (unpaired) electrons. The van der Waals surface area contributed by atoms with E-state index in [0.29, 0.717) is 0 Å². The van der Waals surface area contributed by atoms with Gasteiger partial charge in [0, 0.05) is 27.6 Å². The fourth-order valence-corrected chi connectivity index (χ4v) is 4.75. The van der Waals surface area contributed by atoms with Crippen LogP contribution in [0.4, 0.5) is 0 Å². The standard InChI is InChI=1S/C24H19BrN2/c1-14-10-15(2)23(16(3)11-14)17-4-7-22-20(12-17)19-6-5-18(25)13-21(19)24-26-8-9-27(22)24/h4-13H,1-3H3. The third-order valence-electron chi connectivity index (χ3n) is 5.38. The first-order valence-electron chi connectivity index (χ1n) is 9.09. The van der Waals surface area contributed by atoms with Crippen LogP contribution in [0.1, 0.15) is 16.7 Å². The van der Waals surface area contributed by atoms with Gasteiger partial charge < -0.3 is 0 Å². The fraction of sp³-hybridized carbons (Fsp3) is 0.125. The van der Waals surface area contributed by atoms with E-state index in [1.807, 2.05) is 12.4 Å². The number of hydrogen-bond donors (Lipinski definition) is 0. The first-order chi connectivity index (χ1) is 13.0. The highest BCUT2D eigenvalue weighted by molar-refractivity contribution is 9.10. The highest BCUT2D eigenvalue weighted by Crippen LogP contribution is 2.35. The smallest absolute Gasteiger partial charge is 0.145 e. The van der Waals surface area contributed by atoms with Gasteiger partial charge in [0.05, 0.1) is 5.52 Å². The number of halogens is 1. The summed E-state index contributed by atoms with van der Waals surface area (Å²) in [5.41, 5.74) is 8.73. The maximum atomic E-state index is 4.60. The van der Waals surface area contributed by atoms with Crippen LogP contribution in [0.25, 0.3) is 38.4 Å². The lowest BCUT2D eigenvalue weighted by Gasteiger charge is -2.14. The predicted molar refractivity (Wildman–Crippen MR) is 118 cm³/mol. The van der Waals surface area contributed by atoms with Crippen LogP contribution in [0.5, 0.6) is 0 Å². The van der Waals surface area contributed by atoms with Crippen LogP contribution in [0.15, 0.2) is 65.4 Å². The van der Waals surface area contributed by atoms with Crippen molar-refractivity contribution >= 4 is 43.3 Å². The molecular formula is C24H19BrN2. The van der Waals surface area contributed by atoms with E-state index in [2.05, 4.69) is 94.6 Å². The summed E-state index contributed by atoms with van der Waals surface area (Å²) in [5, 5.41) is 3.65. The Morgan fingerprint density at radius 2 is 1.59 bits per heavy atom. The number of hydrogen-bond acceptors (Lipinski definition) is 1. The van der Waals surface area contributed by atoms with Crippen LogP contribution < -0.4 is 0 Å². The first kappa shape index (κ1) is 16.5. The lowest BCUT2D eigenvalue weighted by molar-refractivity contribution is 1.27. The number of nitrogens with zero attached hydrogens (tertiary/aromatic N) is 2. The minimum absolute atomic E-state index is 0.995. The van der Waals surface area contributed by atoms with Crippen LogP contribution >= 0.6 is 15.9 Å². The molecule has 5 rings (SSSR count). The van der Waals surface area contributed by atoms with Crippen molar-refractivity contribution in [2.24, 2.45) is 0 Å². The van der Waals surface area contributed by atoms with Crippen molar-refractivity contribution in [3.05, 3.63) is 82.1 Å². The number of aryl methyl sites for hydroxylation is 3. The second kappa shape index (κ2) is 5.93. The Hall–Kier alpha value is -2.65. The van der Waals surface area contributed by atoms with Gasteiger partial charge in [0.15, 0.2) is 0 Å². The molecule has 0 aliphatic heterocycles. The highest BCUT2D eigenvalue weighted by Gasteiger charge is 2.13. The maximum absolute atomic E-state index is 4.60. The Labute approximate surface area is 166 Å². The summed E-state index contributed by atoms with van der Waals surface area (Å²) in [7, 11) is 0. The van der Waals surface area contributed by atoms with E-state index >= 15 is 0 Å². The van der Waals surface area contributed by atoms with Crippen LogP contribution in [0.3, 0.4) is 0 Å². The molecule has 0 amide bonds. The minimum Gasteiger partial charge on any atom is -0.299 e. The molecule has 2 nitrogen and oxygen atoms in total. The van der Waals surface area contributed by atoms with Gasteiger partial charge in [-0.05, 0) is 72.7 Å². The van der Waals surface area contributed by atoms with Crippen LogP contribution in [-0.4, -0.2) is 9.38 Å². The number of pyridine rings is 1. The molecule has 132 valence electrons. The molecule has 0 unspecified atom stereocenters. The second-order valence-corrected chi connectivity index (χ2v) is 8.23. The molecular weight excluding hydrogens is 396 g/mol. The average Bonchev–Trinajstić information content (AvgIpc) is 3.11. The van der Waals surface area contributed by atoms with Crippen molar-refractivity contribution in [3.8, 4) is 11.1 Å². The second-order valence-electron chi connectivity index (χ2n) is 7.32. The van der Waals surface area contributed by atoms with Crippen molar-refractivity contribution < 1.29 is 0 Å². The summed E-state index contributed by atoms with van der Waals surface area (Å²) in [6.07, 6.45) is 3.91. The van der Waals surface area contributed by atoms with E-state index in [1.165, 1.54) is 44.1 Å². The number of aromatic nitrogens is 2. The number of benzene rings is 3. The molecule has 2 aromatic heterocycles. The molecule has 27 heavy (non-hydrogen) atoms. The molecule has 3 aromatic carbocycles. The molecule has 0 saturated carbocycles. The van der Waals surface area contributed by atoms with Crippen molar-refractivity contribution in [1.29, 1.82) is 0 Å². The van der Waals surface area contributed by atoms with Crippen molar-refractivity contribution in [3.63, 3.8) is 0 Å². The van der Waals surface area contributed by atoms with Gasteiger partial charge in [0.25, 0.3) is 0 Å². The average molecular weight is 415 g/mol. The number of rotatable bonds is 1. The van der Waals surface area contributed by atoms with Crippen molar-refractivity contribution in [1.82, 2.24) is 9.38 Å². The third kappa shape index (κ3) is 2.49. The van der Waals surface area contributed by atoms with E-state index in [0.717, 1.165) is 15.5 Å². The Morgan fingerprint density at radius 1 is 0.815 bits per heavy atom. The van der Waals surface area contributed by atoms with Gasteiger partial charge in [-0.1, -0.05) is 45.8 Å². The summed E-state index contributed by atoms with van der Waals surface area (Å²) < 4.78 is 3.25. The van der Waals surface area contributed by atoms with Crippen molar-refractivity contribution in [2.75, 3.05) is 0 Å². The highest BCUT2D eigenvalue weighted by atomic mass is 79.9. The molecule has 0 saturated heterocycles. The van der Waals surface area contributed by atoms with Gasteiger partial charge in [-0.25, -0.2) is 4.98 Å². The molecule has 0 N–H and O–H groups in total. The van der Waals surface area contributed by atoms with E-state index in [1.54, 1.807) is 0 Å². The van der Waals surface area contributed by atoms with Gasteiger partial charge in [-0.2, -0.15) is 0 Å². The van der Waals surface area contributed by atoms with Crippen LogP contribution in [0.2, 0.25) is 0 Å². The topological polar surface area (TPSA) is 17.3 Å². The van der Waals surface area contributed by atoms with Gasteiger partial charge in [-0.15, -0.1) is 0 Å². The maximum Gasteiger partial charge on any atom is 0.145 e. The van der Waals surface area contributed by atoms with E-state index in [9.17, 15) is 0 Å². The molecule has 0 bridgehead atoms. The summed E-state index contributed by atoms with van der Waals surface area (Å²) in [6, 6.07) is 17.8. The lowest BCUT2D eigenvalue weighted by atomic mass is 9.92. The molecule has 2 heterocycles. The van der Waals surface area contributed by atoms with Crippen molar-refractivity contribution in [2.45, 2.75) is 20.8 Å². The van der Waals surface area contributed by atoms with E-state index < -0.39 is 0 Å². The molecule has 0 aliphatic rings. The molecule has 3 heteroatoms. The normalized spacial score (nSPS) is 11.7. The summed E-state index contributed by atoms with van der Waals surface area (Å²) in [4.78, 5) is 4.60. The summed E-state index contributed by atoms with van der Waals surface area (Å²) >= 11 is 3.61. The Bertz CT molecular complexity index is 1340. The largest absolute Gasteiger partial charge is 0.299 e.